The minimum Gasteiger partial charge on any atom is -0.489 e. The first kappa shape index (κ1) is 14.7. The van der Waals surface area contributed by atoms with Crippen molar-refractivity contribution >= 4 is 27.5 Å². The maximum absolute atomic E-state index is 6.30. The highest BCUT2D eigenvalue weighted by molar-refractivity contribution is 9.10. The van der Waals surface area contributed by atoms with Crippen LogP contribution in [-0.2, 0) is 4.74 Å². The number of hydrogen-bond donors (Lipinski definition) is 0. The summed E-state index contributed by atoms with van der Waals surface area (Å²) in [6.45, 7) is 0.595. The van der Waals surface area contributed by atoms with Crippen LogP contribution in [0.5, 0.6) is 5.75 Å². The molecule has 1 aliphatic carbocycles. The van der Waals surface area contributed by atoms with Crippen LogP contribution >= 0.6 is 27.5 Å². The smallest absolute Gasteiger partial charge is 0.139 e. The fraction of sp³-hybridized carbons (Fsp3) is 0.625. The number of halogens is 2. The first-order valence-corrected chi connectivity index (χ1v) is 8.60. The first-order valence-electron chi connectivity index (χ1n) is 7.43. The molecule has 110 valence electrons. The van der Waals surface area contributed by atoms with Crippen LogP contribution in [0, 0.1) is 0 Å². The monoisotopic (exact) mass is 358 g/mol. The third-order valence-electron chi connectivity index (χ3n) is 4.42. The quantitative estimate of drug-likeness (QED) is 0.723. The van der Waals surface area contributed by atoms with E-state index in [0.29, 0.717) is 11.6 Å². The molecular formula is C16H20BrClO2. The second-order valence-electron chi connectivity index (χ2n) is 5.91. The van der Waals surface area contributed by atoms with Crippen molar-refractivity contribution in [2.75, 3.05) is 6.61 Å². The Bertz CT molecular complexity index is 472. The van der Waals surface area contributed by atoms with Crippen LogP contribution in [0.4, 0.5) is 0 Å². The zero-order valence-corrected chi connectivity index (χ0v) is 13.9. The Hall–Kier alpha value is -0.250. The molecular weight excluding hydrogens is 340 g/mol. The van der Waals surface area contributed by atoms with E-state index in [-0.39, 0.29) is 11.7 Å². The van der Waals surface area contributed by atoms with E-state index in [1.54, 1.807) is 0 Å². The summed E-state index contributed by atoms with van der Waals surface area (Å²) in [6.07, 6.45) is 8.93. The molecule has 0 amide bonds. The van der Waals surface area contributed by atoms with Crippen LogP contribution in [0.15, 0.2) is 22.7 Å². The van der Waals surface area contributed by atoms with E-state index < -0.39 is 0 Å². The maximum Gasteiger partial charge on any atom is 0.139 e. The molecule has 3 rings (SSSR count). The van der Waals surface area contributed by atoms with Crippen molar-refractivity contribution in [1.29, 1.82) is 0 Å². The summed E-state index contributed by atoms with van der Waals surface area (Å²) >= 11 is 9.57. The highest BCUT2D eigenvalue weighted by atomic mass is 79.9. The van der Waals surface area contributed by atoms with E-state index in [1.807, 2.05) is 18.2 Å². The van der Waals surface area contributed by atoms with Gasteiger partial charge in [-0.2, -0.15) is 0 Å². The molecule has 1 saturated carbocycles. The molecule has 1 aliphatic heterocycles. The highest BCUT2D eigenvalue weighted by Gasteiger charge is 2.40. The number of hydrogen-bond acceptors (Lipinski definition) is 2. The maximum atomic E-state index is 6.30. The van der Waals surface area contributed by atoms with Gasteiger partial charge in [-0.3, -0.25) is 0 Å². The molecule has 1 saturated heterocycles. The largest absolute Gasteiger partial charge is 0.489 e. The van der Waals surface area contributed by atoms with Gasteiger partial charge in [-0.25, -0.2) is 0 Å². The van der Waals surface area contributed by atoms with Gasteiger partial charge in [0.25, 0.3) is 0 Å². The third-order valence-corrected chi connectivity index (χ3v) is 5.23. The van der Waals surface area contributed by atoms with E-state index in [0.717, 1.165) is 16.6 Å². The summed E-state index contributed by atoms with van der Waals surface area (Å²) in [5.41, 5.74) is 0.160. The van der Waals surface area contributed by atoms with Crippen LogP contribution in [-0.4, -0.2) is 18.3 Å². The molecule has 2 fully saturated rings. The van der Waals surface area contributed by atoms with Crippen LogP contribution in [0.2, 0.25) is 5.02 Å². The zero-order valence-electron chi connectivity index (χ0n) is 11.5. The van der Waals surface area contributed by atoms with Crippen molar-refractivity contribution in [2.24, 2.45) is 0 Å². The van der Waals surface area contributed by atoms with Gasteiger partial charge in [0, 0.05) is 4.47 Å². The number of rotatable bonds is 3. The zero-order chi connectivity index (χ0) is 14.0. The molecule has 1 spiro atoms. The SMILES string of the molecule is Clc1ccc(Br)cc1OCC1CCC2(CCCCC2)O1. The van der Waals surface area contributed by atoms with Gasteiger partial charge in [-0.1, -0.05) is 46.8 Å². The molecule has 1 aromatic rings. The van der Waals surface area contributed by atoms with Crippen molar-refractivity contribution < 1.29 is 9.47 Å². The second-order valence-corrected chi connectivity index (χ2v) is 7.23. The van der Waals surface area contributed by atoms with Gasteiger partial charge in [0.1, 0.15) is 12.4 Å². The van der Waals surface area contributed by atoms with Crippen molar-refractivity contribution in [3.63, 3.8) is 0 Å². The molecule has 1 unspecified atom stereocenters. The Balaban J connectivity index is 1.56. The van der Waals surface area contributed by atoms with Gasteiger partial charge in [0.15, 0.2) is 0 Å². The standard InChI is InChI=1S/C16H20BrClO2/c17-12-4-5-14(18)15(10-12)19-11-13-6-9-16(20-13)7-2-1-3-8-16/h4-5,10,13H,1-3,6-9,11H2. The van der Waals surface area contributed by atoms with Crippen molar-refractivity contribution in [3.8, 4) is 5.75 Å². The Morgan fingerprint density at radius 3 is 2.85 bits per heavy atom. The molecule has 1 aromatic carbocycles. The third kappa shape index (κ3) is 3.32. The molecule has 20 heavy (non-hydrogen) atoms. The van der Waals surface area contributed by atoms with Gasteiger partial charge >= 0.3 is 0 Å². The summed E-state index contributed by atoms with van der Waals surface area (Å²) in [4.78, 5) is 0. The van der Waals surface area contributed by atoms with E-state index in [2.05, 4.69) is 15.9 Å². The predicted octanol–water partition coefficient (Wildman–Crippen LogP) is 5.36. The first-order chi connectivity index (χ1) is 9.67. The summed E-state index contributed by atoms with van der Waals surface area (Å²) in [5, 5.41) is 0.651. The molecule has 0 bridgehead atoms. The average molecular weight is 360 g/mol. The van der Waals surface area contributed by atoms with Gasteiger partial charge in [-0.15, -0.1) is 0 Å². The van der Waals surface area contributed by atoms with Gasteiger partial charge in [0.2, 0.25) is 0 Å². The molecule has 1 heterocycles. The van der Waals surface area contributed by atoms with Gasteiger partial charge in [0.05, 0.1) is 16.7 Å². The topological polar surface area (TPSA) is 18.5 Å². The summed E-state index contributed by atoms with van der Waals surface area (Å²) < 4.78 is 13.1. The summed E-state index contributed by atoms with van der Waals surface area (Å²) in [5.74, 6) is 0.731. The minimum absolute atomic E-state index is 0.160. The Morgan fingerprint density at radius 2 is 2.05 bits per heavy atom. The van der Waals surface area contributed by atoms with E-state index in [9.17, 15) is 0 Å². The summed E-state index contributed by atoms with van der Waals surface area (Å²) in [6, 6.07) is 5.67. The average Bonchev–Trinajstić information content (AvgIpc) is 2.84. The number of ether oxygens (including phenoxy) is 2. The fourth-order valence-electron chi connectivity index (χ4n) is 3.35. The number of benzene rings is 1. The van der Waals surface area contributed by atoms with E-state index in [4.69, 9.17) is 21.1 Å². The fourth-order valence-corrected chi connectivity index (χ4v) is 3.86. The molecule has 0 N–H and O–H groups in total. The van der Waals surface area contributed by atoms with Gasteiger partial charge in [-0.05, 0) is 43.9 Å². The minimum atomic E-state index is 0.160. The highest BCUT2D eigenvalue weighted by Crippen LogP contribution is 2.42. The molecule has 4 heteroatoms. The lowest BCUT2D eigenvalue weighted by atomic mass is 9.83. The Labute approximate surface area is 133 Å². The van der Waals surface area contributed by atoms with Crippen LogP contribution in [0.1, 0.15) is 44.9 Å². The lowest BCUT2D eigenvalue weighted by molar-refractivity contribution is -0.0748. The lowest BCUT2D eigenvalue weighted by Crippen LogP contribution is -2.32. The van der Waals surface area contributed by atoms with E-state index in [1.165, 1.54) is 38.5 Å². The molecule has 2 aliphatic rings. The Morgan fingerprint density at radius 1 is 1.25 bits per heavy atom. The molecule has 1 atom stereocenters. The predicted molar refractivity (Wildman–Crippen MR) is 84.6 cm³/mol. The lowest BCUT2D eigenvalue weighted by Gasteiger charge is -2.33. The van der Waals surface area contributed by atoms with Crippen LogP contribution in [0.3, 0.4) is 0 Å². The second kappa shape index (κ2) is 6.25. The normalized spacial score (nSPS) is 25.0. The van der Waals surface area contributed by atoms with Crippen molar-refractivity contribution in [3.05, 3.63) is 27.7 Å². The van der Waals surface area contributed by atoms with E-state index >= 15 is 0 Å². The molecule has 0 aromatic heterocycles. The van der Waals surface area contributed by atoms with Crippen LogP contribution < -0.4 is 4.74 Å². The molecule has 2 nitrogen and oxygen atoms in total. The molecule has 0 radical (unpaired) electrons. The summed E-state index contributed by atoms with van der Waals surface area (Å²) in [7, 11) is 0. The Kier molecular flexibility index (Phi) is 4.58. The van der Waals surface area contributed by atoms with Crippen molar-refractivity contribution in [1.82, 2.24) is 0 Å². The van der Waals surface area contributed by atoms with Crippen LogP contribution in [0.25, 0.3) is 0 Å². The van der Waals surface area contributed by atoms with Crippen molar-refractivity contribution in [2.45, 2.75) is 56.7 Å². The van der Waals surface area contributed by atoms with Gasteiger partial charge < -0.3 is 9.47 Å².